The Kier molecular flexibility index (Phi) is 3.63. The molecule has 0 aliphatic carbocycles. The van der Waals surface area contributed by atoms with E-state index in [0.717, 1.165) is 0 Å². The molecule has 0 aliphatic rings. The Labute approximate surface area is 113 Å². The second-order valence-electron chi connectivity index (χ2n) is 3.98. The number of aromatic nitrogens is 2. The molecule has 0 spiro atoms. The molecule has 0 N–H and O–H groups in total. The Hall–Kier alpha value is -2.19. The third-order valence-corrected chi connectivity index (χ3v) is 2.85. The highest BCUT2D eigenvalue weighted by molar-refractivity contribution is 6.29. The van der Waals surface area contributed by atoms with E-state index in [2.05, 4.69) is 4.98 Å². The maximum absolute atomic E-state index is 13.2. The van der Waals surface area contributed by atoms with E-state index in [4.69, 9.17) is 16.9 Å². The summed E-state index contributed by atoms with van der Waals surface area (Å²) in [5, 5.41) is 8.90. The number of nitriles is 1. The molecule has 0 aliphatic heterocycles. The minimum Gasteiger partial charge on any atom is -0.292 e. The molecule has 4 nitrogen and oxygen atoms in total. The lowest BCUT2D eigenvalue weighted by molar-refractivity contribution is 0.621. The maximum atomic E-state index is 13.2. The Balaban J connectivity index is 2.43. The molecule has 1 aromatic heterocycles. The van der Waals surface area contributed by atoms with E-state index in [1.165, 1.54) is 28.8 Å². The molecule has 19 heavy (non-hydrogen) atoms. The summed E-state index contributed by atoms with van der Waals surface area (Å²) in [6.07, 6.45) is 0. The van der Waals surface area contributed by atoms with Crippen molar-refractivity contribution in [2.45, 2.75) is 13.5 Å². The maximum Gasteiger partial charge on any atom is 0.255 e. The first kappa shape index (κ1) is 13.2. The molecule has 0 saturated heterocycles. The summed E-state index contributed by atoms with van der Waals surface area (Å²) < 4.78 is 14.6. The Morgan fingerprint density at radius 2 is 2.21 bits per heavy atom. The van der Waals surface area contributed by atoms with Gasteiger partial charge in [-0.05, 0) is 24.6 Å². The highest BCUT2D eigenvalue weighted by Crippen LogP contribution is 2.11. The highest BCUT2D eigenvalue weighted by Gasteiger charge is 2.07. The van der Waals surface area contributed by atoms with E-state index < -0.39 is 5.82 Å². The van der Waals surface area contributed by atoms with Crippen LogP contribution >= 0.6 is 11.6 Å². The van der Waals surface area contributed by atoms with Gasteiger partial charge in [0.25, 0.3) is 5.56 Å². The standard InChI is InChI=1S/C13H9ClFN3O/c1-8-17-12(14)5-13(19)18(8)7-9-2-3-11(15)10(4-9)6-16/h2-5H,7H2,1H3. The van der Waals surface area contributed by atoms with Crippen molar-refractivity contribution in [2.75, 3.05) is 0 Å². The van der Waals surface area contributed by atoms with Crippen LogP contribution in [0.4, 0.5) is 4.39 Å². The van der Waals surface area contributed by atoms with Gasteiger partial charge < -0.3 is 0 Å². The van der Waals surface area contributed by atoms with Gasteiger partial charge in [-0.3, -0.25) is 9.36 Å². The van der Waals surface area contributed by atoms with Crippen LogP contribution in [0.5, 0.6) is 0 Å². The van der Waals surface area contributed by atoms with Crippen LogP contribution in [0, 0.1) is 24.1 Å². The molecule has 0 saturated carbocycles. The van der Waals surface area contributed by atoms with Crippen molar-refractivity contribution in [1.82, 2.24) is 9.55 Å². The van der Waals surface area contributed by atoms with Crippen LogP contribution in [0.25, 0.3) is 0 Å². The smallest absolute Gasteiger partial charge is 0.255 e. The zero-order valence-corrected chi connectivity index (χ0v) is 10.8. The second kappa shape index (κ2) is 5.21. The molecule has 1 heterocycles. The molecule has 2 rings (SSSR count). The first-order valence-corrected chi connectivity index (χ1v) is 5.81. The van der Waals surface area contributed by atoms with E-state index >= 15 is 0 Å². The van der Waals surface area contributed by atoms with Gasteiger partial charge in [-0.15, -0.1) is 0 Å². The summed E-state index contributed by atoms with van der Waals surface area (Å²) >= 11 is 5.68. The molecule has 0 atom stereocenters. The van der Waals surface area contributed by atoms with Crippen molar-refractivity contribution < 1.29 is 4.39 Å². The average Bonchev–Trinajstić information content (AvgIpc) is 2.35. The summed E-state index contributed by atoms with van der Waals surface area (Å²) in [4.78, 5) is 15.8. The van der Waals surface area contributed by atoms with Crippen LogP contribution in [-0.2, 0) is 6.54 Å². The van der Waals surface area contributed by atoms with Crippen LogP contribution in [-0.4, -0.2) is 9.55 Å². The number of hydrogen-bond acceptors (Lipinski definition) is 3. The van der Waals surface area contributed by atoms with Crippen LogP contribution in [0.3, 0.4) is 0 Å². The summed E-state index contributed by atoms with van der Waals surface area (Å²) in [5.41, 5.74) is 0.303. The lowest BCUT2D eigenvalue weighted by Crippen LogP contribution is -2.23. The van der Waals surface area contributed by atoms with Gasteiger partial charge in [-0.1, -0.05) is 17.7 Å². The second-order valence-corrected chi connectivity index (χ2v) is 4.36. The van der Waals surface area contributed by atoms with E-state index in [9.17, 15) is 9.18 Å². The molecule has 0 bridgehead atoms. The first-order chi connectivity index (χ1) is 9.01. The van der Waals surface area contributed by atoms with Crippen molar-refractivity contribution in [2.24, 2.45) is 0 Å². The Bertz CT molecular complexity index is 734. The van der Waals surface area contributed by atoms with Crippen LogP contribution in [0.1, 0.15) is 17.0 Å². The molecule has 6 heteroatoms. The minimum atomic E-state index is -0.579. The van der Waals surface area contributed by atoms with Crippen molar-refractivity contribution in [3.63, 3.8) is 0 Å². The topological polar surface area (TPSA) is 58.7 Å². The zero-order valence-electron chi connectivity index (χ0n) is 10.0. The molecule has 1 aromatic carbocycles. The monoisotopic (exact) mass is 277 g/mol. The number of hydrogen-bond donors (Lipinski definition) is 0. The lowest BCUT2D eigenvalue weighted by atomic mass is 10.1. The van der Waals surface area contributed by atoms with Gasteiger partial charge in [0, 0.05) is 6.07 Å². The van der Waals surface area contributed by atoms with Gasteiger partial charge in [0.1, 0.15) is 22.9 Å². The third-order valence-electron chi connectivity index (χ3n) is 2.66. The molecule has 96 valence electrons. The fourth-order valence-corrected chi connectivity index (χ4v) is 1.93. The number of rotatable bonds is 2. The van der Waals surface area contributed by atoms with Gasteiger partial charge in [0.15, 0.2) is 0 Å². The van der Waals surface area contributed by atoms with E-state index in [-0.39, 0.29) is 22.8 Å². The summed E-state index contributed by atoms with van der Waals surface area (Å²) in [7, 11) is 0. The predicted molar refractivity (Wildman–Crippen MR) is 68.5 cm³/mol. The van der Waals surface area contributed by atoms with Crippen molar-refractivity contribution >= 4 is 11.6 Å². The van der Waals surface area contributed by atoms with Gasteiger partial charge in [-0.25, -0.2) is 9.37 Å². The molecule has 2 aromatic rings. The molecular weight excluding hydrogens is 269 g/mol. The van der Waals surface area contributed by atoms with Gasteiger partial charge >= 0.3 is 0 Å². The average molecular weight is 278 g/mol. The SMILES string of the molecule is Cc1nc(Cl)cc(=O)n1Cc1ccc(F)c(C#N)c1. The largest absolute Gasteiger partial charge is 0.292 e. The van der Waals surface area contributed by atoms with Crippen LogP contribution in [0.2, 0.25) is 5.15 Å². The zero-order chi connectivity index (χ0) is 14.0. The van der Waals surface area contributed by atoms with Gasteiger partial charge in [-0.2, -0.15) is 5.26 Å². The van der Waals surface area contributed by atoms with Gasteiger partial charge in [0.2, 0.25) is 0 Å². The van der Waals surface area contributed by atoms with Crippen molar-refractivity contribution in [3.05, 3.63) is 62.5 Å². The third kappa shape index (κ3) is 2.80. The van der Waals surface area contributed by atoms with Gasteiger partial charge in [0.05, 0.1) is 12.1 Å². The number of aryl methyl sites for hydroxylation is 1. The number of halogens is 2. The van der Waals surface area contributed by atoms with Crippen LogP contribution < -0.4 is 5.56 Å². The van der Waals surface area contributed by atoms with Crippen molar-refractivity contribution in [3.8, 4) is 6.07 Å². The Morgan fingerprint density at radius 1 is 1.47 bits per heavy atom. The fraction of sp³-hybridized carbons (Fsp3) is 0.154. The molecule has 0 radical (unpaired) electrons. The normalized spacial score (nSPS) is 10.2. The summed E-state index contributed by atoms with van der Waals surface area (Å²) in [5.74, 6) is -0.120. The van der Waals surface area contributed by atoms with E-state index in [1.54, 1.807) is 13.0 Å². The van der Waals surface area contributed by atoms with E-state index in [0.29, 0.717) is 11.4 Å². The Morgan fingerprint density at radius 3 is 2.84 bits per heavy atom. The number of nitrogens with zero attached hydrogens (tertiary/aromatic N) is 3. The lowest BCUT2D eigenvalue weighted by Gasteiger charge is -2.09. The van der Waals surface area contributed by atoms with Crippen LogP contribution in [0.15, 0.2) is 29.1 Å². The molecule has 0 amide bonds. The summed E-state index contributed by atoms with van der Waals surface area (Å²) in [6.45, 7) is 1.87. The molecule has 0 unspecified atom stereocenters. The fourth-order valence-electron chi connectivity index (χ4n) is 1.72. The molecule has 0 fully saturated rings. The predicted octanol–water partition coefficient (Wildman–Crippen LogP) is 2.26. The molecular formula is C13H9ClFN3O. The summed E-state index contributed by atoms with van der Waals surface area (Å²) in [6, 6.07) is 7.12. The van der Waals surface area contributed by atoms with Crippen molar-refractivity contribution in [1.29, 1.82) is 5.26 Å². The first-order valence-electron chi connectivity index (χ1n) is 5.44. The van der Waals surface area contributed by atoms with E-state index in [1.807, 2.05) is 0 Å². The number of benzene rings is 1. The quantitative estimate of drug-likeness (QED) is 0.791. The minimum absolute atomic E-state index is 0.0508. The highest BCUT2D eigenvalue weighted by atomic mass is 35.5.